The monoisotopic (exact) mass is 316 g/mol. The molecular formula is C14H21ClN2O2S. The van der Waals surface area contributed by atoms with Crippen LogP contribution in [0, 0.1) is 12.8 Å². The predicted octanol–water partition coefficient (Wildman–Crippen LogP) is 2.73. The average molecular weight is 317 g/mol. The molecule has 1 unspecified atom stereocenters. The van der Waals surface area contributed by atoms with Crippen LogP contribution in [-0.2, 0) is 10.0 Å². The number of nitrogens with zero attached hydrogens (tertiary/aromatic N) is 1. The summed E-state index contributed by atoms with van der Waals surface area (Å²) in [5.41, 5.74) is 2.07. The highest BCUT2D eigenvalue weighted by Crippen LogP contribution is 2.24. The van der Waals surface area contributed by atoms with Crippen molar-refractivity contribution in [3.8, 4) is 0 Å². The van der Waals surface area contributed by atoms with Gasteiger partial charge in [-0.1, -0.05) is 17.7 Å². The third kappa shape index (κ3) is 4.11. The van der Waals surface area contributed by atoms with E-state index in [9.17, 15) is 8.42 Å². The van der Waals surface area contributed by atoms with Gasteiger partial charge in [-0.15, -0.1) is 0 Å². The predicted molar refractivity (Wildman–Crippen MR) is 83.8 cm³/mol. The first-order valence-corrected chi connectivity index (χ1v) is 9.04. The van der Waals surface area contributed by atoms with Crippen LogP contribution in [0.25, 0.3) is 0 Å². The Kier molecular flexibility index (Phi) is 4.94. The topological polar surface area (TPSA) is 49.4 Å². The smallest absolute Gasteiger partial charge is 0.211 e. The number of hydrogen-bond donors (Lipinski definition) is 1. The van der Waals surface area contributed by atoms with Gasteiger partial charge >= 0.3 is 0 Å². The van der Waals surface area contributed by atoms with Gasteiger partial charge < -0.3 is 5.32 Å². The number of piperidine rings is 1. The molecule has 1 fully saturated rings. The fourth-order valence-corrected chi connectivity index (χ4v) is 3.65. The molecule has 0 spiro atoms. The Morgan fingerprint density at radius 1 is 1.45 bits per heavy atom. The summed E-state index contributed by atoms with van der Waals surface area (Å²) >= 11 is 6.15. The zero-order valence-electron chi connectivity index (χ0n) is 11.9. The minimum absolute atomic E-state index is 0.329. The highest BCUT2D eigenvalue weighted by atomic mass is 35.5. The van der Waals surface area contributed by atoms with Gasteiger partial charge in [-0.2, -0.15) is 0 Å². The summed E-state index contributed by atoms with van der Waals surface area (Å²) in [6.07, 6.45) is 3.24. The Balaban J connectivity index is 1.95. The van der Waals surface area contributed by atoms with Crippen LogP contribution in [0.3, 0.4) is 0 Å². The van der Waals surface area contributed by atoms with E-state index in [4.69, 9.17) is 11.6 Å². The minimum atomic E-state index is -3.08. The number of anilines is 1. The third-order valence-corrected chi connectivity index (χ3v) is 5.25. The van der Waals surface area contributed by atoms with Crippen molar-refractivity contribution < 1.29 is 8.42 Å². The summed E-state index contributed by atoms with van der Waals surface area (Å²) in [7, 11) is -3.08. The molecule has 0 bridgehead atoms. The lowest BCUT2D eigenvalue weighted by atomic mass is 9.99. The molecule has 1 aromatic rings. The number of benzene rings is 1. The van der Waals surface area contributed by atoms with Crippen LogP contribution < -0.4 is 5.32 Å². The average Bonchev–Trinajstić information content (AvgIpc) is 2.39. The lowest BCUT2D eigenvalue weighted by Gasteiger charge is -2.31. The first kappa shape index (κ1) is 15.6. The van der Waals surface area contributed by atoms with Gasteiger partial charge in [0.25, 0.3) is 0 Å². The SMILES string of the molecule is Cc1ccc(Cl)c(NCC2CCCN(S(C)(=O)=O)C2)c1. The molecule has 112 valence electrons. The molecule has 1 aliphatic heterocycles. The molecule has 20 heavy (non-hydrogen) atoms. The number of hydrogen-bond acceptors (Lipinski definition) is 3. The number of aryl methyl sites for hydroxylation is 1. The van der Waals surface area contributed by atoms with Crippen LogP contribution in [0.2, 0.25) is 5.02 Å². The third-order valence-electron chi connectivity index (χ3n) is 3.65. The van der Waals surface area contributed by atoms with Gasteiger partial charge in [-0.05, 0) is 43.4 Å². The van der Waals surface area contributed by atoms with E-state index in [1.807, 2.05) is 25.1 Å². The van der Waals surface area contributed by atoms with Crippen molar-refractivity contribution in [1.29, 1.82) is 0 Å². The van der Waals surface area contributed by atoms with E-state index in [0.717, 1.165) is 30.6 Å². The van der Waals surface area contributed by atoms with Crippen LogP contribution in [0.4, 0.5) is 5.69 Å². The maximum atomic E-state index is 11.6. The van der Waals surface area contributed by atoms with Gasteiger partial charge in [0.2, 0.25) is 10.0 Å². The molecule has 1 heterocycles. The van der Waals surface area contributed by atoms with Gasteiger partial charge in [-0.3, -0.25) is 0 Å². The number of sulfonamides is 1. The van der Waals surface area contributed by atoms with Gasteiger partial charge in [-0.25, -0.2) is 12.7 Å². The molecular weight excluding hydrogens is 296 g/mol. The zero-order valence-corrected chi connectivity index (χ0v) is 13.5. The molecule has 1 aromatic carbocycles. The fraction of sp³-hybridized carbons (Fsp3) is 0.571. The lowest BCUT2D eigenvalue weighted by molar-refractivity contribution is 0.277. The fourth-order valence-electron chi connectivity index (χ4n) is 2.52. The van der Waals surface area contributed by atoms with Crippen LogP contribution in [-0.4, -0.2) is 38.6 Å². The molecule has 0 radical (unpaired) electrons. The molecule has 1 aliphatic rings. The van der Waals surface area contributed by atoms with Crippen LogP contribution >= 0.6 is 11.6 Å². The Morgan fingerprint density at radius 3 is 2.90 bits per heavy atom. The van der Waals surface area contributed by atoms with Crippen molar-refractivity contribution in [3.05, 3.63) is 28.8 Å². The number of halogens is 1. The Morgan fingerprint density at radius 2 is 2.20 bits per heavy atom. The summed E-state index contributed by atoms with van der Waals surface area (Å²) < 4.78 is 24.7. The maximum absolute atomic E-state index is 11.6. The maximum Gasteiger partial charge on any atom is 0.211 e. The molecule has 2 rings (SSSR count). The summed E-state index contributed by atoms with van der Waals surface area (Å²) in [4.78, 5) is 0. The summed E-state index contributed by atoms with van der Waals surface area (Å²) in [5.74, 6) is 0.329. The molecule has 1 saturated heterocycles. The number of rotatable bonds is 4. The van der Waals surface area contributed by atoms with Gasteiger partial charge in [0.05, 0.1) is 17.0 Å². The largest absolute Gasteiger partial charge is 0.384 e. The standard InChI is InChI=1S/C14H21ClN2O2S/c1-11-5-6-13(15)14(8-11)16-9-12-4-3-7-17(10-12)20(2,18)19/h5-6,8,12,16H,3-4,7,9-10H2,1-2H3. The van der Waals surface area contributed by atoms with Gasteiger partial charge in [0.15, 0.2) is 0 Å². The van der Waals surface area contributed by atoms with Crippen LogP contribution in [0.1, 0.15) is 18.4 Å². The van der Waals surface area contributed by atoms with Crippen molar-refractivity contribution in [3.63, 3.8) is 0 Å². The van der Waals surface area contributed by atoms with E-state index in [1.165, 1.54) is 6.26 Å². The Labute approximate surface area is 126 Å². The second kappa shape index (κ2) is 6.33. The molecule has 0 aliphatic carbocycles. The highest BCUT2D eigenvalue weighted by molar-refractivity contribution is 7.88. The van der Waals surface area contributed by atoms with Crippen LogP contribution in [0.15, 0.2) is 18.2 Å². The first-order chi connectivity index (χ1) is 9.36. The molecule has 1 atom stereocenters. The number of nitrogens with one attached hydrogen (secondary N) is 1. The molecule has 1 N–H and O–H groups in total. The lowest BCUT2D eigenvalue weighted by Crippen LogP contribution is -2.41. The molecule has 6 heteroatoms. The second-order valence-corrected chi connectivity index (χ2v) is 7.88. The van der Waals surface area contributed by atoms with E-state index < -0.39 is 10.0 Å². The quantitative estimate of drug-likeness (QED) is 0.929. The Hall–Kier alpha value is -0.780. The van der Waals surface area contributed by atoms with Gasteiger partial charge in [0.1, 0.15) is 0 Å². The van der Waals surface area contributed by atoms with E-state index in [0.29, 0.717) is 24.0 Å². The zero-order chi connectivity index (χ0) is 14.8. The van der Waals surface area contributed by atoms with Crippen molar-refractivity contribution in [2.24, 2.45) is 5.92 Å². The van der Waals surface area contributed by atoms with E-state index in [1.54, 1.807) is 4.31 Å². The Bertz CT molecular complexity index is 575. The summed E-state index contributed by atoms with van der Waals surface area (Å²) in [6.45, 7) is 4.00. The first-order valence-electron chi connectivity index (χ1n) is 6.81. The van der Waals surface area contributed by atoms with E-state index >= 15 is 0 Å². The van der Waals surface area contributed by atoms with E-state index in [-0.39, 0.29) is 0 Å². The van der Waals surface area contributed by atoms with Crippen LogP contribution in [0.5, 0.6) is 0 Å². The minimum Gasteiger partial charge on any atom is -0.384 e. The van der Waals surface area contributed by atoms with Crippen molar-refractivity contribution >= 4 is 27.3 Å². The summed E-state index contributed by atoms with van der Waals surface area (Å²) in [6, 6.07) is 5.86. The molecule has 4 nitrogen and oxygen atoms in total. The van der Waals surface area contributed by atoms with Crippen molar-refractivity contribution in [1.82, 2.24) is 4.31 Å². The van der Waals surface area contributed by atoms with E-state index in [2.05, 4.69) is 5.32 Å². The highest BCUT2D eigenvalue weighted by Gasteiger charge is 2.25. The normalized spacial score (nSPS) is 20.9. The van der Waals surface area contributed by atoms with Crippen molar-refractivity contribution in [2.45, 2.75) is 19.8 Å². The molecule has 0 amide bonds. The van der Waals surface area contributed by atoms with Gasteiger partial charge in [0, 0.05) is 19.6 Å². The van der Waals surface area contributed by atoms with Crippen molar-refractivity contribution in [2.75, 3.05) is 31.2 Å². The molecule has 0 saturated carbocycles. The second-order valence-electron chi connectivity index (χ2n) is 5.49. The molecule has 0 aromatic heterocycles. The summed E-state index contributed by atoms with van der Waals surface area (Å²) in [5, 5.41) is 4.04.